The van der Waals surface area contributed by atoms with Crippen molar-refractivity contribution < 1.29 is 37.3 Å². The summed E-state index contributed by atoms with van der Waals surface area (Å²) in [6.07, 6.45) is 57.0. The molecule has 0 aliphatic rings. The summed E-state index contributed by atoms with van der Waals surface area (Å²) in [6, 6.07) is -0.922. The Labute approximate surface area is 399 Å². The van der Waals surface area contributed by atoms with Crippen molar-refractivity contribution in [2.75, 3.05) is 40.9 Å². The van der Waals surface area contributed by atoms with E-state index in [4.69, 9.17) is 13.8 Å². The van der Waals surface area contributed by atoms with Crippen LogP contribution in [0.15, 0.2) is 85.1 Å². The fraction of sp³-hybridized carbons (Fsp3) is 0.709. The first-order valence-corrected chi connectivity index (χ1v) is 27.4. The predicted octanol–water partition coefficient (Wildman–Crippen LogP) is 14.5. The van der Waals surface area contributed by atoms with Crippen LogP contribution < -0.4 is 10.2 Å². The number of nitrogens with one attached hydrogen (secondary N) is 1. The first-order chi connectivity index (χ1) is 31.4. The third-order valence-electron chi connectivity index (χ3n) is 10.8. The minimum Gasteiger partial charge on any atom is -0.756 e. The normalized spacial score (nSPS) is 14.6. The number of esters is 1. The fourth-order valence-electron chi connectivity index (χ4n) is 6.77. The highest BCUT2D eigenvalue weighted by Gasteiger charge is 2.27. The number of carbonyl (C=O) groups excluding carboxylic acids is 2. The molecule has 0 heterocycles. The monoisotopic (exact) mass is 929 g/mol. The van der Waals surface area contributed by atoms with E-state index in [9.17, 15) is 19.0 Å². The molecule has 0 rings (SSSR count). The predicted molar refractivity (Wildman–Crippen MR) is 274 cm³/mol. The van der Waals surface area contributed by atoms with Crippen molar-refractivity contribution in [3.63, 3.8) is 0 Å². The maximum atomic E-state index is 13.4. The van der Waals surface area contributed by atoms with Crippen molar-refractivity contribution in [2.45, 2.75) is 213 Å². The van der Waals surface area contributed by atoms with E-state index in [0.29, 0.717) is 23.9 Å². The van der Waals surface area contributed by atoms with Gasteiger partial charge in [-0.05, 0) is 89.5 Å². The molecule has 3 unspecified atom stereocenters. The van der Waals surface area contributed by atoms with Crippen LogP contribution in [0.1, 0.15) is 201 Å². The number of amides is 1. The van der Waals surface area contributed by atoms with Gasteiger partial charge in [-0.25, -0.2) is 0 Å². The van der Waals surface area contributed by atoms with E-state index >= 15 is 0 Å². The smallest absolute Gasteiger partial charge is 0.306 e. The summed E-state index contributed by atoms with van der Waals surface area (Å²) in [5.74, 6) is -0.630. The molecule has 0 bridgehead atoms. The van der Waals surface area contributed by atoms with Gasteiger partial charge >= 0.3 is 5.97 Å². The van der Waals surface area contributed by atoms with E-state index in [1.807, 2.05) is 27.2 Å². The van der Waals surface area contributed by atoms with Gasteiger partial charge in [0.1, 0.15) is 19.3 Å². The van der Waals surface area contributed by atoms with E-state index in [-0.39, 0.29) is 31.3 Å². The Hall–Kier alpha value is -2.81. The highest BCUT2D eigenvalue weighted by molar-refractivity contribution is 7.45. The van der Waals surface area contributed by atoms with Gasteiger partial charge in [-0.1, -0.05) is 183 Å². The summed E-state index contributed by atoms with van der Waals surface area (Å²) >= 11 is 0. The van der Waals surface area contributed by atoms with Gasteiger partial charge in [-0.2, -0.15) is 0 Å². The Balaban J connectivity index is 5.51. The summed E-state index contributed by atoms with van der Waals surface area (Å²) in [5.41, 5.74) is 0. The van der Waals surface area contributed by atoms with Crippen LogP contribution in [0, 0.1) is 0 Å². The topological polar surface area (TPSA) is 114 Å². The first-order valence-electron chi connectivity index (χ1n) is 25.9. The molecule has 0 aromatic heterocycles. The van der Waals surface area contributed by atoms with Crippen LogP contribution in [0.2, 0.25) is 0 Å². The largest absolute Gasteiger partial charge is 0.756 e. The molecule has 0 spiro atoms. The number of carbonyl (C=O) groups is 2. The molecule has 3 atom stereocenters. The number of allylic oxidation sites excluding steroid dienone is 13. The first kappa shape index (κ1) is 62.2. The lowest BCUT2D eigenvalue weighted by Gasteiger charge is -2.30. The van der Waals surface area contributed by atoms with Crippen LogP contribution in [0.25, 0.3) is 0 Å². The number of unbranched alkanes of at least 4 members (excludes halogenated alkanes) is 17. The number of phosphoric ester groups is 1. The zero-order chi connectivity index (χ0) is 48.0. The molecular weight excluding hydrogens is 832 g/mol. The molecule has 1 amide bonds. The number of quaternary nitrogens is 1. The van der Waals surface area contributed by atoms with Crippen molar-refractivity contribution in [1.82, 2.24) is 5.32 Å². The SMILES string of the molecule is CC/C=C\C/C=C\C/C=C\C/C=C\C/C=C\CCCC(=O)NC(COP(=O)([O-])OCC[N+](C)(C)C)C(/C=C\CCCCCCCCCCC)OC(=O)CCCCCCC/C=C\CCCC. The molecule has 0 aromatic carbocycles. The van der Waals surface area contributed by atoms with Crippen molar-refractivity contribution in [2.24, 2.45) is 0 Å². The molecular formula is C55H97N2O7P. The Bertz CT molecular complexity index is 1390. The van der Waals surface area contributed by atoms with E-state index in [0.717, 1.165) is 96.3 Å². The van der Waals surface area contributed by atoms with Gasteiger partial charge in [0.05, 0.1) is 33.8 Å². The van der Waals surface area contributed by atoms with Crippen LogP contribution in [-0.2, 0) is 27.9 Å². The molecule has 0 aliphatic heterocycles. The molecule has 10 heteroatoms. The van der Waals surface area contributed by atoms with E-state index in [1.54, 1.807) is 6.08 Å². The molecule has 0 aliphatic carbocycles. The number of ether oxygens (including phenoxy) is 1. The zero-order valence-electron chi connectivity index (χ0n) is 42.4. The summed E-state index contributed by atoms with van der Waals surface area (Å²) in [4.78, 5) is 39.6. The van der Waals surface area contributed by atoms with Gasteiger partial charge in [-0.3, -0.25) is 14.2 Å². The molecule has 9 nitrogen and oxygen atoms in total. The van der Waals surface area contributed by atoms with Crippen molar-refractivity contribution in [1.29, 1.82) is 0 Å². The molecule has 0 radical (unpaired) electrons. The van der Waals surface area contributed by atoms with Crippen LogP contribution in [-0.4, -0.2) is 69.4 Å². The number of hydrogen-bond donors (Lipinski definition) is 1. The third-order valence-corrected chi connectivity index (χ3v) is 11.8. The van der Waals surface area contributed by atoms with Crippen LogP contribution in [0.4, 0.5) is 0 Å². The lowest BCUT2D eigenvalue weighted by Crippen LogP contribution is -2.47. The summed E-state index contributed by atoms with van der Waals surface area (Å²) < 4.78 is 30.0. The second-order valence-electron chi connectivity index (χ2n) is 18.3. The van der Waals surface area contributed by atoms with E-state index in [2.05, 4.69) is 99.0 Å². The fourth-order valence-corrected chi connectivity index (χ4v) is 7.49. The van der Waals surface area contributed by atoms with Crippen molar-refractivity contribution >= 4 is 19.7 Å². The van der Waals surface area contributed by atoms with Gasteiger partial charge in [0.15, 0.2) is 0 Å². The lowest BCUT2D eigenvalue weighted by molar-refractivity contribution is -0.870. The highest BCUT2D eigenvalue weighted by Crippen LogP contribution is 2.38. The van der Waals surface area contributed by atoms with Gasteiger partial charge in [0, 0.05) is 12.8 Å². The van der Waals surface area contributed by atoms with Crippen molar-refractivity contribution in [3.05, 3.63) is 85.1 Å². The minimum absolute atomic E-state index is 0.0379. The van der Waals surface area contributed by atoms with Gasteiger partial charge < -0.3 is 28.5 Å². The van der Waals surface area contributed by atoms with Crippen LogP contribution >= 0.6 is 7.82 Å². The molecule has 0 saturated carbocycles. The summed E-state index contributed by atoms with van der Waals surface area (Å²) in [7, 11) is 1.13. The van der Waals surface area contributed by atoms with Gasteiger partial charge in [0.25, 0.3) is 7.82 Å². The Kier molecular flexibility index (Phi) is 43.1. The average molecular weight is 929 g/mol. The molecule has 0 saturated heterocycles. The van der Waals surface area contributed by atoms with Crippen LogP contribution in [0.5, 0.6) is 0 Å². The quantitative estimate of drug-likeness (QED) is 0.0213. The maximum absolute atomic E-state index is 13.4. The Morgan fingerprint density at radius 1 is 0.554 bits per heavy atom. The number of nitrogens with zero attached hydrogens (tertiary/aromatic N) is 1. The summed E-state index contributed by atoms with van der Waals surface area (Å²) in [6.45, 7) is 6.60. The van der Waals surface area contributed by atoms with E-state index in [1.165, 1.54) is 57.8 Å². The van der Waals surface area contributed by atoms with E-state index < -0.39 is 26.6 Å². The third kappa shape index (κ3) is 46.1. The molecule has 65 heavy (non-hydrogen) atoms. The Morgan fingerprint density at radius 2 is 1.02 bits per heavy atom. The molecule has 374 valence electrons. The van der Waals surface area contributed by atoms with Gasteiger partial charge in [-0.15, -0.1) is 0 Å². The number of phosphoric acid groups is 1. The molecule has 1 N–H and O–H groups in total. The standard InChI is InChI=1S/C55H97N2O7P/c1-7-10-13-16-19-22-25-26-27-28-29-30-33-35-38-41-44-47-54(58)56-52(51-63-65(60,61)62-50-49-57(4,5)6)53(46-43-40-37-34-31-23-20-17-14-11-8-2)64-55(59)48-45-42-39-36-32-24-21-18-15-12-9-3/h10,13,18-19,21-22,26-27,29-30,35,38,43,46,52-53H,7-9,11-12,14-17,20,23-25,28,31-34,36-37,39-42,44-45,47-51H2,1-6H3,(H-,56,58,60,61)/b13-10-,21-18-,22-19-,27-26-,30-29-,38-35-,46-43-. The average Bonchev–Trinajstić information content (AvgIpc) is 3.26. The number of likely N-dealkylation sites (N-methyl/N-ethyl adjacent to an activating group) is 1. The zero-order valence-corrected chi connectivity index (χ0v) is 43.3. The van der Waals surface area contributed by atoms with Gasteiger partial charge in [0.2, 0.25) is 5.91 Å². The van der Waals surface area contributed by atoms with Crippen LogP contribution in [0.3, 0.4) is 0 Å². The number of hydrogen-bond acceptors (Lipinski definition) is 7. The molecule has 0 aromatic rings. The Morgan fingerprint density at radius 3 is 1.57 bits per heavy atom. The second-order valence-corrected chi connectivity index (χ2v) is 19.7. The minimum atomic E-state index is -4.71. The second kappa shape index (κ2) is 45.0. The maximum Gasteiger partial charge on any atom is 0.306 e. The van der Waals surface area contributed by atoms with Crippen molar-refractivity contribution in [3.8, 4) is 0 Å². The summed E-state index contributed by atoms with van der Waals surface area (Å²) in [5, 5.41) is 2.97. The lowest BCUT2D eigenvalue weighted by atomic mass is 10.1. The molecule has 0 fully saturated rings. The highest BCUT2D eigenvalue weighted by atomic mass is 31.2. The number of rotatable bonds is 45.